The van der Waals surface area contributed by atoms with Crippen LogP contribution >= 0.6 is 0 Å². The molecule has 0 aliphatic carbocycles. The van der Waals surface area contributed by atoms with Crippen LogP contribution in [0, 0.1) is 0 Å². The zero-order chi connectivity index (χ0) is 13.4. The molecule has 6 heteroatoms. The number of likely N-dealkylation sites (N-methyl/N-ethyl adjacent to an activating group) is 1. The van der Waals surface area contributed by atoms with Crippen LogP contribution in [0.4, 0.5) is 11.6 Å². The molecule has 6 nitrogen and oxygen atoms in total. The third kappa shape index (κ3) is 4.58. The third-order valence-electron chi connectivity index (χ3n) is 2.39. The first-order chi connectivity index (χ1) is 8.67. The lowest BCUT2D eigenvalue weighted by atomic mass is 10.4. The Labute approximate surface area is 107 Å². The van der Waals surface area contributed by atoms with E-state index in [1.807, 2.05) is 32.3 Å². The van der Waals surface area contributed by atoms with E-state index in [-0.39, 0.29) is 12.5 Å². The fourth-order valence-electron chi connectivity index (χ4n) is 1.42. The van der Waals surface area contributed by atoms with Crippen molar-refractivity contribution in [2.45, 2.75) is 0 Å². The Morgan fingerprint density at radius 3 is 2.94 bits per heavy atom. The fourth-order valence-corrected chi connectivity index (χ4v) is 1.42. The van der Waals surface area contributed by atoms with Crippen molar-refractivity contribution in [3.05, 3.63) is 18.2 Å². The van der Waals surface area contributed by atoms with E-state index >= 15 is 0 Å². The zero-order valence-corrected chi connectivity index (χ0v) is 11.1. The number of anilines is 2. The molecule has 1 amide bonds. The highest BCUT2D eigenvalue weighted by atomic mass is 16.5. The molecule has 0 aliphatic rings. The average molecular weight is 252 g/mol. The summed E-state index contributed by atoms with van der Waals surface area (Å²) in [5.74, 6) is 1.48. The number of carbonyl (C=O) groups is 1. The lowest BCUT2D eigenvalue weighted by Crippen LogP contribution is -2.37. The van der Waals surface area contributed by atoms with Gasteiger partial charge in [0.2, 0.25) is 5.91 Å². The topological polar surface area (TPSA) is 66.5 Å². The molecule has 0 radical (unpaired) electrons. The summed E-state index contributed by atoms with van der Waals surface area (Å²) < 4.78 is 4.86. The lowest BCUT2D eigenvalue weighted by Gasteiger charge is -2.18. The van der Waals surface area contributed by atoms with Crippen molar-refractivity contribution in [1.29, 1.82) is 0 Å². The van der Waals surface area contributed by atoms with Gasteiger partial charge in [0.25, 0.3) is 0 Å². The lowest BCUT2D eigenvalue weighted by molar-refractivity contribution is -0.119. The van der Waals surface area contributed by atoms with Gasteiger partial charge in [-0.25, -0.2) is 4.98 Å². The van der Waals surface area contributed by atoms with Crippen molar-refractivity contribution in [2.75, 3.05) is 51.1 Å². The Balaban J connectivity index is 2.48. The van der Waals surface area contributed by atoms with Crippen LogP contribution in [0.25, 0.3) is 0 Å². The highest BCUT2D eigenvalue weighted by molar-refractivity contribution is 5.80. The molecule has 100 valence electrons. The van der Waals surface area contributed by atoms with Gasteiger partial charge in [-0.05, 0) is 12.1 Å². The summed E-state index contributed by atoms with van der Waals surface area (Å²) in [6, 6.07) is 5.63. The van der Waals surface area contributed by atoms with E-state index in [1.54, 1.807) is 12.0 Å². The molecule has 18 heavy (non-hydrogen) atoms. The molecule has 0 atom stereocenters. The number of rotatable bonds is 7. The number of nitrogens with zero attached hydrogens (tertiary/aromatic N) is 2. The Hall–Kier alpha value is -1.82. The predicted molar refractivity (Wildman–Crippen MR) is 71.9 cm³/mol. The van der Waals surface area contributed by atoms with Crippen LogP contribution in [0.3, 0.4) is 0 Å². The quantitative estimate of drug-likeness (QED) is 0.684. The van der Waals surface area contributed by atoms with Crippen molar-refractivity contribution in [3.63, 3.8) is 0 Å². The van der Waals surface area contributed by atoms with Crippen LogP contribution < -0.4 is 15.5 Å². The van der Waals surface area contributed by atoms with E-state index in [1.165, 1.54) is 0 Å². The van der Waals surface area contributed by atoms with Gasteiger partial charge in [0.15, 0.2) is 0 Å². The minimum absolute atomic E-state index is 0.0498. The summed E-state index contributed by atoms with van der Waals surface area (Å²) in [5.41, 5.74) is 0. The summed E-state index contributed by atoms with van der Waals surface area (Å²) in [4.78, 5) is 17.7. The molecule has 0 fully saturated rings. The number of aromatic nitrogens is 1. The minimum Gasteiger partial charge on any atom is -0.383 e. The van der Waals surface area contributed by atoms with Crippen molar-refractivity contribution in [1.82, 2.24) is 10.3 Å². The molecule has 0 saturated heterocycles. The van der Waals surface area contributed by atoms with Gasteiger partial charge in [0.1, 0.15) is 11.6 Å². The van der Waals surface area contributed by atoms with Crippen molar-refractivity contribution < 1.29 is 9.53 Å². The molecule has 2 N–H and O–H groups in total. The van der Waals surface area contributed by atoms with Gasteiger partial charge in [-0.3, -0.25) is 4.79 Å². The highest BCUT2D eigenvalue weighted by Gasteiger charge is 2.08. The number of ether oxygens (including phenoxy) is 1. The van der Waals surface area contributed by atoms with Gasteiger partial charge >= 0.3 is 0 Å². The SMILES string of the molecule is CNc1cccc(N(C)CC(=O)NCCOC)n1. The van der Waals surface area contributed by atoms with Crippen LogP contribution in [0.1, 0.15) is 0 Å². The van der Waals surface area contributed by atoms with Gasteiger partial charge in [-0.1, -0.05) is 6.07 Å². The molecule has 0 spiro atoms. The number of amides is 1. The second-order valence-corrected chi connectivity index (χ2v) is 3.83. The summed E-state index contributed by atoms with van der Waals surface area (Å²) in [5, 5.41) is 5.73. The van der Waals surface area contributed by atoms with Crippen LogP contribution in [0.2, 0.25) is 0 Å². The molecular formula is C12H20N4O2. The predicted octanol–water partition coefficient (Wildman–Crippen LogP) is 0.322. The second kappa shape index (κ2) is 7.50. The largest absolute Gasteiger partial charge is 0.383 e. The second-order valence-electron chi connectivity index (χ2n) is 3.83. The summed E-state index contributed by atoms with van der Waals surface area (Å²) in [6.45, 7) is 1.31. The molecule has 1 rings (SSSR count). The van der Waals surface area contributed by atoms with Gasteiger partial charge in [0.05, 0.1) is 13.2 Å². The van der Waals surface area contributed by atoms with Gasteiger partial charge in [0, 0.05) is 27.7 Å². The molecule has 1 aromatic rings. The molecule has 1 aromatic heterocycles. The fraction of sp³-hybridized carbons (Fsp3) is 0.500. The summed E-state index contributed by atoms with van der Waals surface area (Å²) >= 11 is 0. The Bertz CT molecular complexity index is 384. The monoisotopic (exact) mass is 252 g/mol. The minimum atomic E-state index is -0.0498. The number of hydrogen-bond acceptors (Lipinski definition) is 5. The summed E-state index contributed by atoms with van der Waals surface area (Å²) in [7, 11) is 5.24. The van der Waals surface area contributed by atoms with Crippen LogP contribution in [0.5, 0.6) is 0 Å². The first-order valence-corrected chi connectivity index (χ1v) is 5.79. The van der Waals surface area contributed by atoms with E-state index in [0.717, 1.165) is 11.6 Å². The molecule has 0 unspecified atom stereocenters. The van der Waals surface area contributed by atoms with E-state index in [0.29, 0.717) is 13.2 Å². The standard InChI is InChI=1S/C12H20N4O2/c1-13-10-5-4-6-11(15-10)16(2)9-12(17)14-7-8-18-3/h4-6H,7-9H2,1-3H3,(H,13,15)(H,14,17). The van der Waals surface area contributed by atoms with Gasteiger partial charge in [-0.2, -0.15) is 0 Å². The normalized spacial score (nSPS) is 9.94. The Kier molecular flexibility index (Phi) is 5.93. The zero-order valence-electron chi connectivity index (χ0n) is 11.1. The smallest absolute Gasteiger partial charge is 0.239 e. The van der Waals surface area contributed by atoms with Crippen LogP contribution in [0.15, 0.2) is 18.2 Å². The number of hydrogen-bond donors (Lipinski definition) is 2. The highest BCUT2D eigenvalue weighted by Crippen LogP contribution is 2.11. The Morgan fingerprint density at radius 1 is 1.50 bits per heavy atom. The van der Waals surface area contributed by atoms with E-state index < -0.39 is 0 Å². The first kappa shape index (κ1) is 14.2. The van der Waals surface area contributed by atoms with E-state index in [9.17, 15) is 4.79 Å². The molecule has 0 bridgehead atoms. The number of nitrogens with one attached hydrogen (secondary N) is 2. The van der Waals surface area contributed by atoms with Crippen molar-refractivity contribution in [3.8, 4) is 0 Å². The van der Waals surface area contributed by atoms with Crippen molar-refractivity contribution in [2.24, 2.45) is 0 Å². The first-order valence-electron chi connectivity index (χ1n) is 5.79. The van der Waals surface area contributed by atoms with Gasteiger partial charge in [-0.15, -0.1) is 0 Å². The number of carbonyl (C=O) groups excluding carboxylic acids is 1. The molecule has 0 aromatic carbocycles. The molecular weight excluding hydrogens is 232 g/mol. The molecule has 0 aliphatic heterocycles. The maximum absolute atomic E-state index is 11.6. The Morgan fingerprint density at radius 2 is 2.28 bits per heavy atom. The third-order valence-corrected chi connectivity index (χ3v) is 2.39. The summed E-state index contributed by atoms with van der Waals surface area (Å²) in [6.07, 6.45) is 0. The number of pyridine rings is 1. The molecule has 1 heterocycles. The van der Waals surface area contributed by atoms with Crippen LogP contribution in [-0.4, -0.2) is 51.8 Å². The number of methoxy groups -OCH3 is 1. The van der Waals surface area contributed by atoms with Crippen LogP contribution in [-0.2, 0) is 9.53 Å². The van der Waals surface area contributed by atoms with E-state index in [4.69, 9.17) is 4.74 Å². The van der Waals surface area contributed by atoms with Gasteiger partial charge < -0.3 is 20.3 Å². The average Bonchev–Trinajstić information content (AvgIpc) is 2.39. The van der Waals surface area contributed by atoms with E-state index in [2.05, 4.69) is 15.6 Å². The maximum atomic E-state index is 11.6. The molecule has 0 saturated carbocycles. The maximum Gasteiger partial charge on any atom is 0.239 e. The van der Waals surface area contributed by atoms with Crippen molar-refractivity contribution >= 4 is 17.5 Å².